The molecule has 3 heteroatoms. The SMILES string of the molecule is c1ccc(-c2ccc(N(c3ccc([Si](c4ccccc4)(c4ccccc4)c4ccccc4)cc3)c3cccc4c3ccc3c5ccccc5sc43)cc2)cc1. The van der Waals surface area contributed by atoms with Gasteiger partial charge in [-0.15, -0.1) is 11.3 Å². The lowest BCUT2D eigenvalue weighted by molar-refractivity contribution is 1.30. The topological polar surface area (TPSA) is 3.24 Å². The maximum absolute atomic E-state index is 2.67. The van der Waals surface area contributed by atoms with E-state index >= 15 is 0 Å². The van der Waals surface area contributed by atoms with E-state index in [0.29, 0.717) is 0 Å². The number of nitrogens with zero attached hydrogens (tertiary/aromatic N) is 1. The highest BCUT2D eigenvalue weighted by Crippen LogP contribution is 2.44. The van der Waals surface area contributed by atoms with Gasteiger partial charge in [0.15, 0.2) is 8.07 Å². The minimum Gasteiger partial charge on any atom is -0.310 e. The number of anilines is 3. The van der Waals surface area contributed by atoms with Gasteiger partial charge in [-0.25, -0.2) is 0 Å². The van der Waals surface area contributed by atoms with Gasteiger partial charge in [0.25, 0.3) is 0 Å². The summed E-state index contributed by atoms with van der Waals surface area (Å²) in [5.74, 6) is 0. The summed E-state index contributed by atoms with van der Waals surface area (Å²) in [5.41, 5.74) is 5.82. The van der Waals surface area contributed by atoms with Crippen LogP contribution in [-0.2, 0) is 0 Å². The zero-order chi connectivity index (χ0) is 36.6. The van der Waals surface area contributed by atoms with E-state index in [0.717, 1.165) is 17.1 Å². The van der Waals surface area contributed by atoms with Crippen molar-refractivity contribution in [2.45, 2.75) is 0 Å². The van der Waals surface area contributed by atoms with Crippen LogP contribution >= 0.6 is 11.3 Å². The Kier molecular flexibility index (Phi) is 8.44. The molecule has 10 rings (SSSR count). The van der Waals surface area contributed by atoms with Crippen molar-refractivity contribution < 1.29 is 0 Å². The number of benzene rings is 9. The zero-order valence-electron chi connectivity index (χ0n) is 30.2. The van der Waals surface area contributed by atoms with Crippen molar-refractivity contribution in [2.75, 3.05) is 4.90 Å². The Hall–Kier alpha value is -6.52. The fourth-order valence-electron chi connectivity index (χ4n) is 8.50. The number of rotatable bonds is 8. The molecule has 9 aromatic carbocycles. The lowest BCUT2D eigenvalue weighted by Crippen LogP contribution is -2.74. The molecule has 0 atom stereocenters. The predicted molar refractivity (Wildman–Crippen MR) is 241 cm³/mol. The van der Waals surface area contributed by atoms with Crippen LogP contribution in [0.1, 0.15) is 0 Å². The molecule has 260 valence electrons. The average molecular weight is 736 g/mol. The Morgan fingerprint density at radius 1 is 0.309 bits per heavy atom. The molecule has 0 radical (unpaired) electrons. The highest BCUT2D eigenvalue weighted by molar-refractivity contribution is 7.26. The van der Waals surface area contributed by atoms with Crippen LogP contribution in [0, 0.1) is 0 Å². The summed E-state index contributed by atoms with van der Waals surface area (Å²) >= 11 is 1.89. The smallest absolute Gasteiger partial charge is 0.179 e. The summed E-state index contributed by atoms with van der Waals surface area (Å²) in [7, 11) is -2.67. The van der Waals surface area contributed by atoms with Crippen LogP contribution < -0.4 is 25.6 Å². The standard InChI is InChI=1S/C52H37NSSi/c1-5-16-38(17-6-1)39-28-30-40(31-29-39)53(50-26-15-25-48-46(50)36-37-49-47-24-13-14-27-51(47)54-52(48)49)41-32-34-45(35-33-41)55(42-18-7-2-8-19-42,43-20-9-3-10-21-43)44-22-11-4-12-23-44/h1-37H. The molecule has 0 saturated heterocycles. The van der Waals surface area contributed by atoms with Gasteiger partial charge in [-0.05, 0) is 68.3 Å². The third-order valence-electron chi connectivity index (χ3n) is 11.0. The molecule has 0 aliphatic heterocycles. The van der Waals surface area contributed by atoms with E-state index < -0.39 is 8.07 Å². The van der Waals surface area contributed by atoms with E-state index in [-0.39, 0.29) is 0 Å². The maximum atomic E-state index is 2.44. The summed E-state index contributed by atoms with van der Waals surface area (Å²) in [5, 5.41) is 10.6. The van der Waals surface area contributed by atoms with Crippen LogP contribution in [0.4, 0.5) is 17.1 Å². The molecular weight excluding hydrogens is 699 g/mol. The Balaban J connectivity index is 1.18. The molecule has 0 fully saturated rings. The molecule has 0 aliphatic rings. The van der Waals surface area contributed by atoms with Gasteiger partial charge in [-0.3, -0.25) is 0 Å². The molecule has 1 heterocycles. The Bertz CT molecular complexity index is 2790. The van der Waals surface area contributed by atoms with Crippen LogP contribution in [0.15, 0.2) is 224 Å². The van der Waals surface area contributed by atoms with Gasteiger partial charge in [0.05, 0.1) is 5.69 Å². The summed E-state index contributed by atoms with van der Waals surface area (Å²) in [6.45, 7) is 0. The van der Waals surface area contributed by atoms with E-state index in [1.165, 1.54) is 62.8 Å². The lowest BCUT2D eigenvalue weighted by atomic mass is 10.0. The van der Waals surface area contributed by atoms with Crippen LogP contribution in [0.3, 0.4) is 0 Å². The van der Waals surface area contributed by atoms with Crippen molar-refractivity contribution in [3.05, 3.63) is 224 Å². The highest BCUT2D eigenvalue weighted by Gasteiger charge is 2.41. The third-order valence-corrected chi connectivity index (χ3v) is 17.0. The first-order valence-corrected chi connectivity index (χ1v) is 21.7. The second-order valence-electron chi connectivity index (χ2n) is 14.1. The Labute approximate surface area is 327 Å². The van der Waals surface area contributed by atoms with Crippen molar-refractivity contribution in [1.82, 2.24) is 0 Å². The quantitative estimate of drug-likeness (QED) is 0.111. The van der Waals surface area contributed by atoms with Gasteiger partial charge < -0.3 is 4.90 Å². The van der Waals surface area contributed by atoms with Crippen molar-refractivity contribution in [3.63, 3.8) is 0 Å². The third kappa shape index (κ3) is 5.68. The first kappa shape index (κ1) is 33.1. The van der Waals surface area contributed by atoms with Gasteiger partial charge in [-0.1, -0.05) is 188 Å². The Morgan fingerprint density at radius 2 is 0.745 bits per heavy atom. The molecular formula is C52H37NSSi. The fraction of sp³-hybridized carbons (Fsp3) is 0. The van der Waals surface area contributed by atoms with Gasteiger partial charge >= 0.3 is 0 Å². The number of hydrogen-bond acceptors (Lipinski definition) is 2. The molecule has 0 saturated carbocycles. The predicted octanol–water partition coefficient (Wildman–Crippen LogP) is 11.7. The van der Waals surface area contributed by atoms with Crippen molar-refractivity contribution in [2.24, 2.45) is 0 Å². The number of thiophene rings is 1. The molecule has 0 bridgehead atoms. The van der Waals surface area contributed by atoms with E-state index in [9.17, 15) is 0 Å². The lowest BCUT2D eigenvalue weighted by Gasteiger charge is -2.35. The molecule has 0 amide bonds. The largest absolute Gasteiger partial charge is 0.310 e. The molecule has 1 nitrogen and oxygen atoms in total. The summed E-state index contributed by atoms with van der Waals surface area (Å²) in [6.07, 6.45) is 0. The average Bonchev–Trinajstić information content (AvgIpc) is 3.66. The van der Waals surface area contributed by atoms with Gasteiger partial charge in [0.2, 0.25) is 0 Å². The monoisotopic (exact) mass is 735 g/mol. The molecule has 1 aromatic heterocycles. The van der Waals surface area contributed by atoms with Gasteiger partial charge in [-0.2, -0.15) is 0 Å². The zero-order valence-corrected chi connectivity index (χ0v) is 32.0. The fourth-order valence-corrected chi connectivity index (χ4v) is 14.5. The molecule has 0 aliphatic carbocycles. The molecule has 55 heavy (non-hydrogen) atoms. The summed E-state index contributed by atoms with van der Waals surface area (Å²) in [6, 6.07) is 82.8. The van der Waals surface area contributed by atoms with Crippen LogP contribution in [-0.4, -0.2) is 8.07 Å². The maximum Gasteiger partial charge on any atom is 0.179 e. The number of hydrogen-bond donors (Lipinski definition) is 0. The van der Waals surface area contributed by atoms with Crippen molar-refractivity contribution >= 4 is 88.2 Å². The van der Waals surface area contributed by atoms with E-state index in [4.69, 9.17) is 0 Å². The Morgan fingerprint density at radius 3 is 1.35 bits per heavy atom. The second-order valence-corrected chi connectivity index (χ2v) is 18.9. The van der Waals surface area contributed by atoms with Gasteiger partial charge in [0, 0.05) is 42.3 Å². The minimum absolute atomic E-state index is 1.12. The summed E-state index contributed by atoms with van der Waals surface area (Å²) < 4.78 is 2.65. The van der Waals surface area contributed by atoms with Crippen LogP contribution in [0.25, 0.3) is 42.1 Å². The van der Waals surface area contributed by atoms with Gasteiger partial charge in [0.1, 0.15) is 0 Å². The first-order valence-electron chi connectivity index (χ1n) is 18.8. The summed E-state index contributed by atoms with van der Waals surface area (Å²) in [4.78, 5) is 2.44. The van der Waals surface area contributed by atoms with Crippen molar-refractivity contribution in [1.29, 1.82) is 0 Å². The molecule has 0 N–H and O–H groups in total. The number of fused-ring (bicyclic) bond motifs is 5. The first-order chi connectivity index (χ1) is 27.3. The molecule has 10 aromatic rings. The molecule has 0 spiro atoms. The minimum atomic E-state index is -2.67. The second kappa shape index (κ2) is 14.0. The van der Waals surface area contributed by atoms with Crippen LogP contribution in [0.5, 0.6) is 0 Å². The molecule has 0 unspecified atom stereocenters. The van der Waals surface area contributed by atoms with Crippen LogP contribution in [0.2, 0.25) is 0 Å². The van der Waals surface area contributed by atoms with E-state index in [1.54, 1.807) is 0 Å². The normalized spacial score (nSPS) is 11.6. The van der Waals surface area contributed by atoms with Crippen molar-refractivity contribution in [3.8, 4) is 11.1 Å². The highest BCUT2D eigenvalue weighted by atomic mass is 32.1. The van der Waals surface area contributed by atoms with E-state index in [1.807, 2.05) is 11.3 Å². The van der Waals surface area contributed by atoms with E-state index in [2.05, 4.69) is 229 Å².